The summed E-state index contributed by atoms with van der Waals surface area (Å²) >= 11 is 0. The Labute approximate surface area is 134 Å². The average molecular weight is 321 g/mol. The molecule has 124 valence electrons. The van der Waals surface area contributed by atoms with Crippen molar-refractivity contribution >= 4 is 19.0 Å². The third-order valence-electron chi connectivity index (χ3n) is 3.88. The van der Waals surface area contributed by atoms with Gasteiger partial charge in [0, 0.05) is 13.5 Å². The molecule has 1 amide bonds. The number of carboxylic acids is 1. The van der Waals surface area contributed by atoms with Crippen molar-refractivity contribution in [2.24, 2.45) is 0 Å². The van der Waals surface area contributed by atoms with E-state index in [0.717, 1.165) is 0 Å². The summed E-state index contributed by atoms with van der Waals surface area (Å²) in [7, 11) is 0.296. The fourth-order valence-electron chi connectivity index (χ4n) is 2.45. The van der Waals surface area contributed by atoms with Crippen LogP contribution in [0.4, 0.5) is 0 Å². The number of ether oxygens (including phenoxy) is 1. The molecule has 0 aromatic heterocycles. The van der Waals surface area contributed by atoms with Gasteiger partial charge in [-0.3, -0.25) is 4.79 Å². The van der Waals surface area contributed by atoms with Crippen molar-refractivity contribution in [1.82, 2.24) is 5.32 Å². The Morgan fingerprint density at radius 1 is 1.52 bits per heavy atom. The monoisotopic (exact) mass is 321 g/mol. The first-order valence-electron chi connectivity index (χ1n) is 7.44. The average Bonchev–Trinajstić information content (AvgIpc) is 2.52. The number of aromatic carboxylic acids is 1. The molecule has 0 aliphatic carbocycles. The summed E-state index contributed by atoms with van der Waals surface area (Å²) in [5.74, 6) is -1.78. The number of carboxylic acid groups (broad SMARTS) is 1. The topological polar surface area (TPSA) is 105 Å². The van der Waals surface area contributed by atoms with Gasteiger partial charge in [0.15, 0.2) is 0 Å². The molecular formula is C15H20BNO6. The molecule has 1 aliphatic heterocycles. The predicted octanol–water partition coefficient (Wildman–Crippen LogP) is 0.639. The highest BCUT2D eigenvalue weighted by Crippen LogP contribution is 2.30. The number of nitrogens with one attached hydrogen (secondary N) is 1. The number of benzene rings is 1. The van der Waals surface area contributed by atoms with Crippen molar-refractivity contribution in [3.05, 3.63) is 29.3 Å². The van der Waals surface area contributed by atoms with Crippen molar-refractivity contribution in [2.45, 2.75) is 38.2 Å². The number of para-hydroxylation sites is 1. The van der Waals surface area contributed by atoms with E-state index >= 15 is 0 Å². The van der Waals surface area contributed by atoms with Crippen LogP contribution in [0, 0.1) is 0 Å². The maximum Gasteiger partial charge on any atom is 0.547 e. The van der Waals surface area contributed by atoms with Crippen molar-refractivity contribution < 1.29 is 29.1 Å². The minimum absolute atomic E-state index is 0.000228. The third kappa shape index (κ3) is 4.23. The molecule has 8 heteroatoms. The molecule has 0 spiro atoms. The molecule has 0 saturated heterocycles. The largest absolute Gasteiger partial charge is 0.547 e. The van der Waals surface area contributed by atoms with Crippen LogP contribution < -0.4 is 9.97 Å². The SMILES string of the molecule is COC(C)CCC(=O)NC1Cc2cccc(C(=O)O)c2OB1O. The second kappa shape index (κ2) is 7.48. The van der Waals surface area contributed by atoms with Crippen LogP contribution in [0.5, 0.6) is 5.75 Å². The van der Waals surface area contributed by atoms with Gasteiger partial charge in [-0.1, -0.05) is 12.1 Å². The van der Waals surface area contributed by atoms with Crippen molar-refractivity contribution in [3.8, 4) is 5.75 Å². The Morgan fingerprint density at radius 2 is 2.26 bits per heavy atom. The molecule has 1 aliphatic rings. The van der Waals surface area contributed by atoms with Crippen LogP contribution in [0.1, 0.15) is 35.7 Å². The molecule has 0 fully saturated rings. The molecule has 7 nitrogen and oxygen atoms in total. The summed E-state index contributed by atoms with van der Waals surface area (Å²) < 4.78 is 10.4. The smallest absolute Gasteiger partial charge is 0.534 e. The molecule has 0 saturated carbocycles. The van der Waals surface area contributed by atoms with Gasteiger partial charge in [-0.25, -0.2) is 4.79 Å². The van der Waals surface area contributed by atoms with E-state index in [2.05, 4.69) is 5.32 Å². The molecule has 1 aromatic rings. The summed E-state index contributed by atoms with van der Waals surface area (Å²) in [6.45, 7) is 1.87. The van der Waals surface area contributed by atoms with E-state index < -0.39 is 19.0 Å². The molecule has 0 bridgehead atoms. The summed E-state index contributed by atoms with van der Waals surface area (Å²) in [4.78, 5) is 23.1. The number of amides is 1. The Bertz CT molecular complexity index is 593. The minimum atomic E-state index is -1.29. The lowest BCUT2D eigenvalue weighted by molar-refractivity contribution is -0.122. The fraction of sp³-hybridized carbons (Fsp3) is 0.467. The zero-order chi connectivity index (χ0) is 17.0. The van der Waals surface area contributed by atoms with E-state index in [0.29, 0.717) is 18.4 Å². The highest BCUT2D eigenvalue weighted by Gasteiger charge is 2.37. The molecule has 23 heavy (non-hydrogen) atoms. The molecule has 1 aromatic carbocycles. The number of carbonyl (C=O) groups excluding carboxylic acids is 1. The van der Waals surface area contributed by atoms with Crippen LogP contribution in [0.15, 0.2) is 18.2 Å². The van der Waals surface area contributed by atoms with Crippen molar-refractivity contribution in [1.29, 1.82) is 0 Å². The Morgan fingerprint density at radius 3 is 2.91 bits per heavy atom. The lowest BCUT2D eigenvalue weighted by Crippen LogP contribution is -2.53. The van der Waals surface area contributed by atoms with Gasteiger partial charge in [-0.15, -0.1) is 0 Å². The minimum Gasteiger partial charge on any atom is -0.534 e. The van der Waals surface area contributed by atoms with Gasteiger partial charge in [0.1, 0.15) is 5.75 Å². The normalized spacial score (nSPS) is 17.9. The summed E-state index contributed by atoms with van der Waals surface area (Å²) in [5, 5.41) is 21.9. The van der Waals surface area contributed by atoms with Crippen LogP contribution in [-0.4, -0.2) is 48.3 Å². The zero-order valence-electron chi connectivity index (χ0n) is 13.1. The van der Waals surface area contributed by atoms with E-state index in [1.54, 1.807) is 19.2 Å². The lowest BCUT2D eigenvalue weighted by Gasteiger charge is -2.29. The second-order valence-electron chi connectivity index (χ2n) is 5.57. The van der Waals surface area contributed by atoms with Gasteiger partial charge < -0.3 is 24.8 Å². The maximum atomic E-state index is 11.9. The Balaban J connectivity index is 2.03. The highest BCUT2D eigenvalue weighted by molar-refractivity contribution is 6.47. The Hall–Kier alpha value is -2.06. The number of methoxy groups -OCH3 is 1. The first-order valence-corrected chi connectivity index (χ1v) is 7.44. The van der Waals surface area contributed by atoms with Crippen LogP contribution in [0.2, 0.25) is 0 Å². The third-order valence-corrected chi connectivity index (χ3v) is 3.88. The van der Waals surface area contributed by atoms with Gasteiger partial charge in [0.2, 0.25) is 5.91 Å². The zero-order valence-corrected chi connectivity index (χ0v) is 13.1. The predicted molar refractivity (Wildman–Crippen MR) is 83.3 cm³/mol. The first-order chi connectivity index (χ1) is 10.9. The quantitative estimate of drug-likeness (QED) is 0.664. The van der Waals surface area contributed by atoms with Gasteiger partial charge in [0.25, 0.3) is 0 Å². The van der Waals surface area contributed by atoms with E-state index in [1.165, 1.54) is 6.07 Å². The Kier molecular flexibility index (Phi) is 5.62. The lowest BCUT2D eigenvalue weighted by atomic mass is 9.72. The van der Waals surface area contributed by atoms with Crippen LogP contribution in [-0.2, 0) is 16.0 Å². The molecule has 2 rings (SSSR count). The van der Waals surface area contributed by atoms with Crippen molar-refractivity contribution in [3.63, 3.8) is 0 Å². The van der Waals surface area contributed by atoms with Gasteiger partial charge in [-0.2, -0.15) is 0 Å². The first kappa shape index (κ1) is 17.3. The number of rotatable bonds is 6. The summed E-state index contributed by atoms with van der Waals surface area (Å²) in [6, 6.07) is 4.75. The van der Waals surface area contributed by atoms with Gasteiger partial charge in [-0.05, 0) is 31.4 Å². The van der Waals surface area contributed by atoms with Gasteiger partial charge >= 0.3 is 13.1 Å². The van der Waals surface area contributed by atoms with Crippen LogP contribution in [0.25, 0.3) is 0 Å². The maximum absolute atomic E-state index is 11.9. The van der Waals surface area contributed by atoms with Gasteiger partial charge in [0.05, 0.1) is 17.6 Å². The molecule has 2 atom stereocenters. The number of fused-ring (bicyclic) bond motifs is 1. The molecule has 1 heterocycles. The van der Waals surface area contributed by atoms with E-state index in [9.17, 15) is 14.6 Å². The van der Waals surface area contributed by atoms with Crippen LogP contribution in [0.3, 0.4) is 0 Å². The second-order valence-corrected chi connectivity index (χ2v) is 5.57. The van der Waals surface area contributed by atoms with E-state index in [-0.39, 0.29) is 29.7 Å². The number of hydrogen-bond acceptors (Lipinski definition) is 5. The summed E-state index contributed by atoms with van der Waals surface area (Å²) in [5.41, 5.74) is 0.644. The van der Waals surface area contributed by atoms with Crippen LogP contribution >= 0.6 is 0 Å². The molecule has 3 N–H and O–H groups in total. The molecular weight excluding hydrogens is 301 g/mol. The summed E-state index contributed by atoms with van der Waals surface area (Å²) in [6.07, 6.45) is 1.14. The number of hydrogen-bond donors (Lipinski definition) is 3. The van der Waals surface area contributed by atoms with E-state index in [4.69, 9.17) is 14.5 Å². The van der Waals surface area contributed by atoms with Crippen molar-refractivity contribution in [2.75, 3.05) is 7.11 Å². The highest BCUT2D eigenvalue weighted by atomic mass is 16.5. The standard InChI is InChI=1S/C15H20BNO6/c1-9(22-2)6-7-13(18)17-12-8-10-4-3-5-11(15(19)20)14(10)23-16(12)21/h3-5,9,12,21H,6-8H2,1-2H3,(H,17,18)(H,19,20). The molecule has 2 unspecified atom stereocenters. The number of carbonyl (C=O) groups is 2. The van der Waals surface area contributed by atoms with E-state index in [1.807, 2.05) is 6.92 Å². The fourth-order valence-corrected chi connectivity index (χ4v) is 2.45. The molecule has 0 radical (unpaired) electrons.